The first-order valence-corrected chi connectivity index (χ1v) is 5.01. The van der Waals surface area contributed by atoms with Crippen LogP contribution in [0.3, 0.4) is 0 Å². The topological polar surface area (TPSA) is 98.7 Å². The van der Waals surface area contributed by atoms with E-state index in [4.69, 9.17) is 0 Å². The van der Waals surface area contributed by atoms with E-state index >= 15 is 0 Å². The number of carboxylic acids is 2. The fourth-order valence-electron chi connectivity index (χ4n) is 0.636. The minimum absolute atomic E-state index is 0. The first-order valence-electron chi connectivity index (χ1n) is 5.01. The van der Waals surface area contributed by atoms with Crippen LogP contribution in [0, 0.1) is 0 Å². The molecule has 0 fully saturated rings. The van der Waals surface area contributed by atoms with Crippen LogP contribution in [0.15, 0.2) is 0 Å². The second-order valence-corrected chi connectivity index (χ2v) is 2.83. The van der Waals surface area contributed by atoms with Crippen LogP contribution in [0.25, 0.3) is 0 Å². The number of carbonyl (C=O) groups is 2. The first-order chi connectivity index (χ1) is 7.36. The number of carbonyl (C=O) groups excluding carboxylic acids is 2. The van der Waals surface area contributed by atoms with Gasteiger partial charge in [-0.25, -0.2) is 0 Å². The van der Waals surface area contributed by atoms with E-state index in [1.807, 2.05) is 0 Å². The molecule has 17 heavy (non-hydrogen) atoms. The van der Waals surface area contributed by atoms with Gasteiger partial charge in [-0.15, -0.1) is 0 Å². The third-order valence-electron chi connectivity index (χ3n) is 1.50. The molecule has 0 N–H and O–H groups in total. The van der Waals surface area contributed by atoms with Crippen molar-refractivity contribution in [3.8, 4) is 0 Å². The molecule has 0 bridgehead atoms. The normalized spacial score (nSPS) is 12.5. The van der Waals surface area contributed by atoms with E-state index in [-0.39, 0.29) is 23.1 Å². The summed E-state index contributed by atoms with van der Waals surface area (Å²) in [5, 5.41) is 19.7. The molecule has 2 atom stereocenters. The maximum atomic E-state index is 9.85. The smallest absolute Gasteiger partial charge is 0.547 e. The SMILES string of the molecule is CCO[C@H](C)C(=O)[O-].CCO[C@H](C)C(=O)[O-].[Mg+2]. The van der Waals surface area contributed by atoms with E-state index in [1.165, 1.54) is 13.8 Å². The van der Waals surface area contributed by atoms with Crippen molar-refractivity contribution in [2.24, 2.45) is 0 Å². The summed E-state index contributed by atoms with van der Waals surface area (Å²) in [6.45, 7) is 7.18. The molecule has 6 nitrogen and oxygen atoms in total. The molecule has 0 heterocycles. The molecule has 0 aromatic heterocycles. The molecule has 0 radical (unpaired) electrons. The zero-order chi connectivity index (χ0) is 13.1. The van der Waals surface area contributed by atoms with Gasteiger partial charge in [0, 0.05) is 13.2 Å². The summed E-state index contributed by atoms with van der Waals surface area (Å²) in [6.07, 6.45) is -1.56. The fraction of sp³-hybridized carbons (Fsp3) is 0.800. The molecule has 96 valence electrons. The van der Waals surface area contributed by atoms with Gasteiger partial charge in [-0.05, 0) is 27.7 Å². The van der Waals surface area contributed by atoms with Crippen molar-refractivity contribution in [3.63, 3.8) is 0 Å². The number of hydrogen-bond donors (Lipinski definition) is 0. The van der Waals surface area contributed by atoms with E-state index in [1.54, 1.807) is 13.8 Å². The van der Waals surface area contributed by atoms with E-state index < -0.39 is 24.1 Å². The molecular formula is C10H18MgO6. The van der Waals surface area contributed by atoms with Crippen LogP contribution in [0.2, 0.25) is 0 Å². The van der Waals surface area contributed by atoms with E-state index in [0.29, 0.717) is 13.2 Å². The molecule has 0 aliphatic carbocycles. The molecule has 0 saturated carbocycles. The van der Waals surface area contributed by atoms with Crippen LogP contribution in [0.4, 0.5) is 0 Å². The van der Waals surface area contributed by atoms with E-state index in [0.717, 1.165) is 0 Å². The Morgan fingerprint density at radius 2 is 1.18 bits per heavy atom. The van der Waals surface area contributed by atoms with Crippen LogP contribution < -0.4 is 10.2 Å². The molecule has 0 aromatic carbocycles. The fourth-order valence-corrected chi connectivity index (χ4v) is 0.636. The Morgan fingerprint density at radius 1 is 0.941 bits per heavy atom. The van der Waals surface area contributed by atoms with Crippen molar-refractivity contribution in [1.82, 2.24) is 0 Å². The molecular weight excluding hydrogens is 240 g/mol. The third-order valence-corrected chi connectivity index (χ3v) is 1.50. The summed E-state index contributed by atoms with van der Waals surface area (Å²) in [7, 11) is 0. The molecule has 7 heteroatoms. The predicted molar refractivity (Wildman–Crippen MR) is 57.9 cm³/mol. The van der Waals surface area contributed by atoms with Gasteiger partial charge in [-0.2, -0.15) is 0 Å². The summed E-state index contributed by atoms with van der Waals surface area (Å²) < 4.78 is 9.28. The van der Waals surface area contributed by atoms with Crippen molar-refractivity contribution in [2.75, 3.05) is 13.2 Å². The van der Waals surface area contributed by atoms with Gasteiger partial charge in [-0.3, -0.25) is 0 Å². The Bertz CT molecular complexity index is 187. The summed E-state index contributed by atoms with van der Waals surface area (Å²) in [5.74, 6) is -2.32. The Labute approximate surface area is 117 Å². The average molecular weight is 259 g/mol. The predicted octanol–water partition coefficient (Wildman–Crippen LogP) is -2.06. The number of aliphatic carboxylic acids is 2. The Kier molecular flexibility index (Phi) is 17.6. The minimum Gasteiger partial charge on any atom is -0.547 e. The second-order valence-electron chi connectivity index (χ2n) is 2.83. The molecule has 0 saturated heterocycles. The van der Waals surface area contributed by atoms with Crippen LogP contribution >= 0.6 is 0 Å². The van der Waals surface area contributed by atoms with Crippen LogP contribution in [-0.4, -0.2) is 60.4 Å². The molecule has 0 aliphatic rings. The number of carboxylic acid groups (broad SMARTS) is 2. The van der Waals surface area contributed by atoms with Gasteiger partial charge in [0.15, 0.2) is 0 Å². The molecule has 0 aliphatic heterocycles. The van der Waals surface area contributed by atoms with Gasteiger partial charge in [0.1, 0.15) is 0 Å². The van der Waals surface area contributed by atoms with Crippen molar-refractivity contribution in [2.45, 2.75) is 39.9 Å². The third kappa shape index (κ3) is 15.6. The van der Waals surface area contributed by atoms with Crippen molar-refractivity contribution < 1.29 is 29.3 Å². The van der Waals surface area contributed by atoms with Gasteiger partial charge in [0.05, 0.1) is 24.1 Å². The zero-order valence-electron chi connectivity index (χ0n) is 10.7. The molecule has 0 amide bonds. The monoisotopic (exact) mass is 258 g/mol. The molecule has 0 rings (SSSR count). The second kappa shape index (κ2) is 13.7. The number of hydrogen-bond acceptors (Lipinski definition) is 6. The van der Waals surface area contributed by atoms with Gasteiger partial charge in [0.2, 0.25) is 0 Å². The van der Waals surface area contributed by atoms with E-state index in [9.17, 15) is 19.8 Å². The van der Waals surface area contributed by atoms with Crippen LogP contribution in [0.1, 0.15) is 27.7 Å². The maximum absolute atomic E-state index is 9.85. The number of rotatable bonds is 6. The largest absolute Gasteiger partial charge is 2.00 e. The summed E-state index contributed by atoms with van der Waals surface area (Å²) in [4.78, 5) is 19.7. The van der Waals surface area contributed by atoms with E-state index in [2.05, 4.69) is 9.47 Å². The van der Waals surface area contributed by atoms with Gasteiger partial charge in [-0.1, -0.05) is 0 Å². The Hall–Kier alpha value is -0.374. The molecule has 0 unspecified atom stereocenters. The minimum atomic E-state index is -1.16. The quantitative estimate of drug-likeness (QED) is 0.508. The Balaban J connectivity index is -0.000000218. The standard InChI is InChI=1S/2C5H10O3.Mg/c2*1-3-8-4(2)5(6)7;/h2*4H,3H2,1-2H3,(H,6,7);/q;;+2/p-2/t2*4-;/m11./s1. The van der Waals surface area contributed by atoms with Gasteiger partial charge >= 0.3 is 23.1 Å². The van der Waals surface area contributed by atoms with Crippen LogP contribution in [-0.2, 0) is 19.1 Å². The van der Waals surface area contributed by atoms with Gasteiger partial charge in [0.25, 0.3) is 0 Å². The maximum Gasteiger partial charge on any atom is 2.00 e. The zero-order valence-corrected chi connectivity index (χ0v) is 12.1. The summed E-state index contributed by atoms with van der Waals surface area (Å²) >= 11 is 0. The number of ether oxygens (including phenoxy) is 2. The molecule has 0 aromatic rings. The summed E-state index contributed by atoms with van der Waals surface area (Å²) in [5.41, 5.74) is 0. The molecule has 0 spiro atoms. The Morgan fingerprint density at radius 3 is 1.24 bits per heavy atom. The van der Waals surface area contributed by atoms with Crippen molar-refractivity contribution >= 4 is 35.0 Å². The van der Waals surface area contributed by atoms with Crippen molar-refractivity contribution in [3.05, 3.63) is 0 Å². The van der Waals surface area contributed by atoms with Crippen molar-refractivity contribution in [1.29, 1.82) is 0 Å². The first kappa shape index (κ1) is 21.9. The van der Waals surface area contributed by atoms with Gasteiger partial charge < -0.3 is 29.3 Å². The van der Waals surface area contributed by atoms with Crippen LogP contribution in [0.5, 0.6) is 0 Å². The average Bonchev–Trinajstić information content (AvgIpc) is 2.19. The summed E-state index contributed by atoms with van der Waals surface area (Å²) in [6, 6.07) is 0.